The van der Waals surface area contributed by atoms with E-state index < -0.39 is 5.91 Å². The maximum Gasteiger partial charge on any atom is 0.294 e. The summed E-state index contributed by atoms with van der Waals surface area (Å²) in [6.45, 7) is 1.72. The predicted octanol–water partition coefficient (Wildman–Crippen LogP) is 2.87. The Bertz CT molecular complexity index is 643. The Morgan fingerprint density at radius 3 is 2.89 bits per heavy atom. The first kappa shape index (κ1) is 12.3. The van der Waals surface area contributed by atoms with Crippen molar-refractivity contribution in [3.05, 3.63) is 45.8 Å². The van der Waals surface area contributed by atoms with Crippen molar-refractivity contribution in [2.45, 2.75) is 6.92 Å². The van der Waals surface area contributed by atoms with Gasteiger partial charge in [0.25, 0.3) is 5.91 Å². The number of nitriles is 1. The van der Waals surface area contributed by atoms with E-state index in [0.717, 1.165) is 4.47 Å². The molecular formula is C12H8BrN3O2. The second-order valence-corrected chi connectivity index (χ2v) is 4.50. The fourth-order valence-electron chi connectivity index (χ4n) is 1.37. The van der Waals surface area contributed by atoms with Gasteiger partial charge in [0.15, 0.2) is 0 Å². The molecule has 90 valence electrons. The van der Waals surface area contributed by atoms with Crippen molar-refractivity contribution in [2.24, 2.45) is 0 Å². The lowest BCUT2D eigenvalue weighted by Crippen LogP contribution is -2.11. The van der Waals surface area contributed by atoms with Crippen LogP contribution < -0.4 is 5.32 Å². The van der Waals surface area contributed by atoms with E-state index in [1.807, 2.05) is 6.07 Å². The van der Waals surface area contributed by atoms with Crippen molar-refractivity contribution in [3.8, 4) is 6.07 Å². The number of rotatable bonds is 2. The molecule has 0 fully saturated rings. The molecule has 0 aliphatic heterocycles. The van der Waals surface area contributed by atoms with E-state index in [1.165, 1.54) is 6.07 Å². The van der Waals surface area contributed by atoms with Crippen LogP contribution in [0.2, 0.25) is 0 Å². The zero-order chi connectivity index (χ0) is 13.1. The Kier molecular flexibility index (Phi) is 3.44. The van der Waals surface area contributed by atoms with E-state index in [1.54, 1.807) is 25.1 Å². The molecule has 1 heterocycles. The number of nitrogens with zero attached hydrogens (tertiary/aromatic N) is 2. The van der Waals surface area contributed by atoms with Crippen LogP contribution in [-0.2, 0) is 0 Å². The third-order valence-electron chi connectivity index (χ3n) is 2.20. The lowest BCUT2D eigenvalue weighted by Gasteiger charge is -2.05. The van der Waals surface area contributed by atoms with Crippen LogP contribution >= 0.6 is 15.9 Å². The highest BCUT2D eigenvalue weighted by molar-refractivity contribution is 9.10. The van der Waals surface area contributed by atoms with Gasteiger partial charge in [0, 0.05) is 10.5 Å². The molecule has 1 aromatic carbocycles. The predicted molar refractivity (Wildman–Crippen MR) is 68.1 cm³/mol. The molecule has 5 nitrogen and oxygen atoms in total. The van der Waals surface area contributed by atoms with E-state index in [2.05, 4.69) is 26.4 Å². The number of carbonyl (C=O) groups excluding carboxylic acids is 1. The molecule has 0 aliphatic rings. The molecule has 1 amide bonds. The smallest absolute Gasteiger partial charge is 0.294 e. The van der Waals surface area contributed by atoms with Crippen molar-refractivity contribution in [1.82, 2.24) is 5.16 Å². The van der Waals surface area contributed by atoms with E-state index >= 15 is 0 Å². The molecule has 0 saturated heterocycles. The lowest BCUT2D eigenvalue weighted by molar-refractivity contribution is 0.0988. The first-order valence-corrected chi connectivity index (χ1v) is 5.84. The minimum absolute atomic E-state index is 0.110. The standard InChI is InChI=1S/C12H8BrN3O2/c1-7-4-11(18-16-7)12(17)15-10-3-2-9(13)5-8(10)6-14/h2-5H,1H3,(H,15,17). The largest absolute Gasteiger partial charge is 0.351 e. The van der Waals surface area contributed by atoms with Crippen molar-refractivity contribution in [3.63, 3.8) is 0 Å². The van der Waals surface area contributed by atoms with Crippen LogP contribution in [0.4, 0.5) is 5.69 Å². The summed E-state index contributed by atoms with van der Waals surface area (Å²) in [6, 6.07) is 8.54. The van der Waals surface area contributed by atoms with Crippen LogP contribution in [0.5, 0.6) is 0 Å². The SMILES string of the molecule is Cc1cc(C(=O)Nc2ccc(Br)cc2C#N)on1. The van der Waals surface area contributed by atoms with Gasteiger partial charge in [-0.2, -0.15) is 5.26 Å². The first-order valence-electron chi connectivity index (χ1n) is 5.04. The minimum Gasteiger partial charge on any atom is -0.351 e. The van der Waals surface area contributed by atoms with Gasteiger partial charge < -0.3 is 9.84 Å². The van der Waals surface area contributed by atoms with Crippen LogP contribution in [0.15, 0.2) is 33.3 Å². The molecule has 0 spiro atoms. The van der Waals surface area contributed by atoms with E-state index in [4.69, 9.17) is 9.78 Å². The summed E-state index contributed by atoms with van der Waals surface area (Å²) in [5.74, 6) is -0.325. The molecule has 18 heavy (non-hydrogen) atoms. The normalized spacial score (nSPS) is 9.83. The molecule has 0 unspecified atom stereocenters. The average molecular weight is 306 g/mol. The molecule has 1 aromatic heterocycles. The first-order chi connectivity index (χ1) is 8.60. The fraction of sp³-hybridized carbons (Fsp3) is 0.0833. The second kappa shape index (κ2) is 5.02. The summed E-state index contributed by atoms with van der Waals surface area (Å²) in [6.07, 6.45) is 0. The third-order valence-corrected chi connectivity index (χ3v) is 2.70. The van der Waals surface area contributed by atoms with Gasteiger partial charge in [0.1, 0.15) is 6.07 Å². The number of amides is 1. The minimum atomic E-state index is -0.436. The Morgan fingerprint density at radius 2 is 2.28 bits per heavy atom. The van der Waals surface area contributed by atoms with E-state index in [-0.39, 0.29) is 5.76 Å². The second-order valence-electron chi connectivity index (χ2n) is 3.59. The number of hydrogen-bond donors (Lipinski definition) is 1. The van der Waals surface area contributed by atoms with E-state index in [9.17, 15) is 4.79 Å². The number of halogens is 1. The van der Waals surface area contributed by atoms with Gasteiger partial charge in [-0.3, -0.25) is 4.79 Å². The van der Waals surface area contributed by atoms with Crippen LogP contribution in [0.25, 0.3) is 0 Å². The summed E-state index contributed by atoms with van der Waals surface area (Å²) < 4.78 is 5.61. The highest BCUT2D eigenvalue weighted by Crippen LogP contribution is 2.21. The Labute approximate surface area is 112 Å². The van der Waals surface area contributed by atoms with Gasteiger partial charge in [0.05, 0.1) is 16.9 Å². The number of benzene rings is 1. The number of aryl methyl sites for hydroxylation is 1. The topological polar surface area (TPSA) is 78.9 Å². The van der Waals surface area contributed by atoms with Gasteiger partial charge in [-0.15, -0.1) is 0 Å². The van der Waals surface area contributed by atoms with Crippen LogP contribution in [0.1, 0.15) is 21.8 Å². The Morgan fingerprint density at radius 1 is 1.50 bits per heavy atom. The summed E-state index contributed by atoms with van der Waals surface area (Å²) in [5, 5.41) is 15.2. The number of nitrogens with one attached hydrogen (secondary N) is 1. The highest BCUT2D eigenvalue weighted by Gasteiger charge is 2.13. The number of aromatic nitrogens is 1. The quantitative estimate of drug-likeness (QED) is 0.925. The molecule has 0 radical (unpaired) electrons. The zero-order valence-electron chi connectivity index (χ0n) is 9.40. The molecule has 0 atom stereocenters. The molecule has 0 aliphatic carbocycles. The highest BCUT2D eigenvalue weighted by atomic mass is 79.9. The molecule has 2 aromatic rings. The van der Waals surface area contributed by atoms with Crippen molar-refractivity contribution in [1.29, 1.82) is 5.26 Å². The lowest BCUT2D eigenvalue weighted by atomic mass is 10.2. The van der Waals surface area contributed by atoms with Gasteiger partial charge in [-0.25, -0.2) is 0 Å². The van der Waals surface area contributed by atoms with Gasteiger partial charge >= 0.3 is 0 Å². The maximum absolute atomic E-state index is 11.8. The monoisotopic (exact) mass is 305 g/mol. The van der Waals surface area contributed by atoms with E-state index in [0.29, 0.717) is 16.9 Å². The summed E-state index contributed by atoms with van der Waals surface area (Å²) in [7, 11) is 0. The van der Waals surface area contributed by atoms with Crippen LogP contribution in [-0.4, -0.2) is 11.1 Å². The number of carbonyl (C=O) groups is 1. The molecule has 6 heteroatoms. The summed E-state index contributed by atoms with van der Waals surface area (Å²) in [4.78, 5) is 11.8. The van der Waals surface area contributed by atoms with Gasteiger partial charge in [-0.1, -0.05) is 21.1 Å². The molecular weight excluding hydrogens is 298 g/mol. The fourth-order valence-corrected chi connectivity index (χ4v) is 1.73. The molecule has 0 saturated carbocycles. The van der Waals surface area contributed by atoms with Crippen LogP contribution in [0, 0.1) is 18.3 Å². The number of anilines is 1. The maximum atomic E-state index is 11.8. The van der Waals surface area contributed by atoms with Crippen molar-refractivity contribution in [2.75, 3.05) is 5.32 Å². The molecule has 0 bridgehead atoms. The van der Waals surface area contributed by atoms with Gasteiger partial charge in [0.2, 0.25) is 5.76 Å². The van der Waals surface area contributed by atoms with Crippen molar-refractivity contribution < 1.29 is 9.32 Å². The Balaban J connectivity index is 2.25. The summed E-state index contributed by atoms with van der Waals surface area (Å²) in [5.41, 5.74) is 1.42. The average Bonchev–Trinajstić information content (AvgIpc) is 2.78. The zero-order valence-corrected chi connectivity index (χ0v) is 11.0. The molecule has 1 N–H and O–H groups in total. The van der Waals surface area contributed by atoms with Crippen LogP contribution in [0.3, 0.4) is 0 Å². The van der Waals surface area contributed by atoms with Gasteiger partial charge in [-0.05, 0) is 25.1 Å². The third kappa shape index (κ3) is 2.57. The molecule has 2 rings (SSSR count). The number of hydrogen-bond acceptors (Lipinski definition) is 4. The summed E-state index contributed by atoms with van der Waals surface area (Å²) >= 11 is 3.26. The van der Waals surface area contributed by atoms with Crippen molar-refractivity contribution >= 4 is 27.5 Å². The Hall–Kier alpha value is -2.13.